The van der Waals surface area contributed by atoms with Crippen LogP contribution in [0.4, 0.5) is 0 Å². The number of benzene rings is 1. The van der Waals surface area contributed by atoms with Crippen molar-refractivity contribution in [3.8, 4) is 5.75 Å². The Hall–Kier alpha value is -3.31. The molecule has 11 heteroatoms. The maximum atomic E-state index is 12.8. The number of carbonyl (C=O) groups is 3. The van der Waals surface area contributed by atoms with Crippen LogP contribution >= 0.6 is 11.8 Å². The van der Waals surface area contributed by atoms with E-state index in [9.17, 15) is 19.2 Å². The Morgan fingerprint density at radius 2 is 1.62 bits per heavy atom. The van der Waals surface area contributed by atoms with E-state index in [4.69, 9.17) is 23.7 Å². The average molecular weight is 534 g/mol. The van der Waals surface area contributed by atoms with E-state index in [2.05, 4.69) is 0 Å². The van der Waals surface area contributed by atoms with Crippen molar-refractivity contribution in [1.82, 2.24) is 4.57 Å². The van der Waals surface area contributed by atoms with Gasteiger partial charge in [0.25, 0.3) is 5.56 Å². The van der Waals surface area contributed by atoms with E-state index in [0.29, 0.717) is 11.4 Å². The molecule has 1 aliphatic rings. The van der Waals surface area contributed by atoms with Crippen LogP contribution in [0.3, 0.4) is 0 Å². The number of carbonyl (C=O) groups excluding carboxylic acids is 3. The quantitative estimate of drug-likeness (QED) is 0.352. The summed E-state index contributed by atoms with van der Waals surface area (Å²) >= 11 is 1.20. The fourth-order valence-electron chi connectivity index (χ4n) is 4.01. The van der Waals surface area contributed by atoms with E-state index >= 15 is 0 Å². The minimum atomic E-state index is -0.810. The smallest absolute Gasteiger partial charge is 0.303 e. The SMILES string of the molecule is COc1ccc(Cn2ccc(S[C@H]3OC(COC(C)=O)[C@H](OC(C)=O)C(C)C3OC(C)=O)cc2=O)cc1. The average Bonchev–Trinajstić information content (AvgIpc) is 2.83. The van der Waals surface area contributed by atoms with Crippen LogP contribution in [-0.4, -0.2) is 59.9 Å². The van der Waals surface area contributed by atoms with Crippen LogP contribution in [0.1, 0.15) is 33.3 Å². The summed E-state index contributed by atoms with van der Waals surface area (Å²) in [5.41, 5.74) is -0.0291. The van der Waals surface area contributed by atoms with Crippen LogP contribution in [0.5, 0.6) is 5.75 Å². The molecule has 0 amide bonds. The van der Waals surface area contributed by atoms with Crippen LogP contribution in [0.15, 0.2) is 52.3 Å². The van der Waals surface area contributed by atoms with E-state index < -0.39 is 47.6 Å². The van der Waals surface area contributed by atoms with Crippen molar-refractivity contribution in [3.05, 3.63) is 58.5 Å². The van der Waals surface area contributed by atoms with Crippen LogP contribution in [0.25, 0.3) is 0 Å². The number of aromatic nitrogens is 1. The highest BCUT2D eigenvalue weighted by Gasteiger charge is 2.48. The summed E-state index contributed by atoms with van der Waals surface area (Å²) in [6.07, 6.45) is -0.708. The molecule has 1 fully saturated rings. The van der Waals surface area contributed by atoms with E-state index in [1.54, 1.807) is 30.9 Å². The van der Waals surface area contributed by atoms with E-state index in [-0.39, 0.29) is 12.2 Å². The van der Waals surface area contributed by atoms with Gasteiger partial charge in [-0.2, -0.15) is 0 Å². The zero-order valence-corrected chi connectivity index (χ0v) is 22.2. The summed E-state index contributed by atoms with van der Waals surface area (Å²) in [6.45, 7) is 5.81. The lowest BCUT2D eigenvalue weighted by molar-refractivity contribution is -0.212. The second-order valence-electron chi connectivity index (χ2n) is 8.65. The first-order chi connectivity index (χ1) is 17.6. The van der Waals surface area contributed by atoms with E-state index in [1.807, 2.05) is 24.3 Å². The van der Waals surface area contributed by atoms with Gasteiger partial charge in [0.15, 0.2) is 0 Å². The molecule has 3 unspecified atom stereocenters. The molecule has 0 spiro atoms. The number of thioether (sulfide) groups is 1. The number of ether oxygens (including phenoxy) is 5. The number of hydrogen-bond donors (Lipinski definition) is 0. The number of esters is 3. The Morgan fingerprint density at radius 3 is 2.19 bits per heavy atom. The van der Waals surface area contributed by atoms with Gasteiger partial charge >= 0.3 is 17.9 Å². The lowest BCUT2D eigenvalue weighted by Gasteiger charge is -2.43. The fraction of sp³-hybridized carbons (Fsp3) is 0.462. The minimum absolute atomic E-state index is 0.148. The Kier molecular flexibility index (Phi) is 9.76. The molecule has 2 aromatic rings. The summed E-state index contributed by atoms with van der Waals surface area (Å²) in [7, 11) is 1.59. The molecule has 0 radical (unpaired) electrons. The first-order valence-electron chi connectivity index (χ1n) is 11.7. The van der Waals surface area contributed by atoms with Crippen molar-refractivity contribution in [2.45, 2.75) is 62.9 Å². The fourth-order valence-corrected chi connectivity index (χ4v) is 5.23. The van der Waals surface area contributed by atoms with Gasteiger partial charge in [-0.3, -0.25) is 19.2 Å². The number of hydrogen-bond acceptors (Lipinski definition) is 10. The molecule has 2 heterocycles. The van der Waals surface area contributed by atoms with Gasteiger partial charge in [0.2, 0.25) is 0 Å². The highest BCUT2D eigenvalue weighted by atomic mass is 32.2. The molecule has 10 nitrogen and oxygen atoms in total. The maximum Gasteiger partial charge on any atom is 0.303 e. The number of pyridine rings is 1. The molecule has 0 aliphatic carbocycles. The van der Waals surface area contributed by atoms with E-state index in [1.165, 1.54) is 38.6 Å². The number of methoxy groups -OCH3 is 1. The van der Waals surface area contributed by atoms with Gasteiger partial charge in [0.1, 0.15) is 36.1 Å². The predicted octanol–water partition coefficient (Wildman–Crippen LogP) is 2.78. The summed E-state index contributed by atoms with van der Waals surface area (Å²) in [5, 5.41) is 0. The van der Waals surface area contributed by atoms with Gasteiger partial charge in [-0.05, 0) is 23.8 Å². The molecule has 1 aromatic carbocycles. The van der Waals surface area contributed by atoms with E-state index in [0.717, 1.165) is 11.3 Å². The van der Waals surface area contributed by atoms with Gasteiger partial charge in [-0.25, -0.2) is 0 Å². The lowest BCUT2D eigenvalue weighted by Crippen LogP contribution is -2.56. The van der Waals surface area contributed by atoms with Crippen molar-refractivity contribution in [2.24, 2.45) is 5.92 Å². The summed E-state index contributed by atoms with van der Waals surface area (Å²) < 4.78 is 29.0. The minimum Gasteiger partial charge on any atom is -0.497 e. The number of rotatable bonds is 9. The first kappa shape index (κ1) is 28.3. The molecule has 1 aliphatic heterocycles. The second kappa shape index (κ2) is 12.8. The zero-order chi connectivity index (χ0) is 27.1. The molecule has 3 rings (SSSR count). The van der Waals surface area contributed by atoms with Crippen molar-refractivity contribution in [1.29, 1.82) is 0 Å². The molecule has 5 atom stereocenters. The maximum absolute atomic E-state index is 12.8. The highest BCUT2D eigenvalue weighted by molar-refractivity contribution is 7.99. The highest BCUT2D eigenvalue weighted by Crippen LogP contribution is 2.38. The van der Waals surface area contributed by atoms with Gasteiger partial charge in [0.05, 0.1) is 13.7 Å². The van der Waals surface area contributed by atoms with Gasteiger partial charge in [0, 0.05) is 43.8 Å². The normalized spacial score (nSPS) is 23.1. The Balaban J connectivity index is 1.81. The summed E-state index contributed by atoms with van der Waals surface area (Å²) in [6, 6.07) is 10.7. The molecular formula is C26H31NO9S. The molecule has 0 saturated carbocycles. The van der Waals surface area contributed by atoms with Crippen LogP contribution in [-0.2, 0) is 39.9 Å². The lowest BCUT2D eigenvalue weighted by atomic mass is 9.91. The predicted molar refractivity (Wildman–Crippen MR) is 134 cm³/mol. The zero-order valence-electron chi connectivity index (χ0n) is 21.4. The molecule has 200 valence electrons. The van der Waals surface area contributed by atoms with Crippen LogP contribution in [0, 0.1) is 5.92 Å². The van der Waals surface area contributed by atoms with Crippen molar-refractivity contribution < 1.29 is 38.1 Å². The Bertz CT molecular complexity index is 1160. The molecular weight excluding hydrogens is 502 g/mol. The van der Waals surface area contributed by atoms with Gasteiger partial charge in [-0.15, -0.1) is 0 Å². The third-order valence-electron chi connectivity index (χ3n) is 5.77. The molecule has 0 bridgehead atoms. The third-order valence-corrected chi connectivity index (χ3v) is 6.90. The summed E-state index contributed by atoms with van der Waals surface area (Å²) in [4.78, 5) is 48.4. The Labute approximate surface area is 219 Å². The van der Waals surface area contributed by atoms with Crippen LogP contribution in [0.2, 0.25) is 0 Å². The molecule has 0 N–H and O–H groups in total. The Morgan fingerprint density at radius 1 is 0.973 bits per heavy atom. The largest absolute Gasteiger partial charge is 0.497 e. The van der Waals surface area contributed by atoms with Gasteiger partial charge < -0.3 is 28.3 Å². The second-order valence-corrected chi connectivity index (χ2v) is 9.82. The molecule has 37 heavy (non-hydrogen) atoms. The molecule has 1 aromatic heterocycles. The monoisotopic (exact) mass is 533 g/mol. The molecule has 1 saturated heterocycles. The van der Waals surface area contributed by atoms with Gasteiger partial charge in [-0.1, -0.05) is 30.8 Å². The standard InChI is InChI=1S/C26H31NO9S/c1-15-24(34-17(3)29)22(14-33-16(2)28)36-26(25(15)35-18(4)30)37-21-10-11-27(23(31)12-21)13-19-6-8-20(32-5)9-7-19/h6-12,15,22,24-26H,13-14H2,1-5H3/t15?,22?,24-,25?,26-/m1/s1. The number of nitrogens with zero attached hydrogens (tertiary/aromatic N) is 1. The third kappa shape index (κ3) is 7.83. The first-order valence-corrected chi connectivity index (χ1v) is 12.6. The van der Waals surface area contributed by atoms with Crippen molar-refractivity contribution >= 4 is 29.7 Å². The summed E-state index contributed by atoms with van der Waals surface area (Å²) in [5.74, 6) is -1.32. The van der Waals surface area contributed by atoms with Crippen LogP contribution < -0.4 is 10.3 Å². The van der Waals surface area contributed by atoms with Crippen molar-refractivity contribution in [2.75, 3.05) is 13.7 Å². The van der Waals surface area contributed by atoms with Crippen molar-refractivity contribution in [3.63, 3.8) is 0 Å². The topological polar surface area (TPSA) is 119 Å².